The van der Waals surface area contributed by atoms with Gasteiger partial charge in [-0.3, -0.25) is 9.59 Å². The summed E-state index contributed by atoms with van der Waals surface area (Å²) in [5.74, 6) is -2.63. The number of rotatable bonds is 8. The largest absolute Gasteiger partial charge is 0.377 e. The molecule has 0 aliphatic carbocycles. The van der Waals surface area contributed by atoms with Gasteiger partial charge in [0.1, 0.15) is 18.1 Å². The van der Waals surface area contributed by atoms with Crippen molar-refractivity contribution in [1.29, 1.82) is 0 Å². The summed E-state index contributed by atoms with van der Waals surface area (Å²) < 4.78 is 46.2. The highest BCUT2D eigenvalue weighted by atomic mass is 35.5. The van der Waals surface area contributed by atoms with Gasteiger partial charge in [0, 0.05) is 6.20 Å². The number of nitrogens with zero attached hydrogens (tertiary/aromatic N) is 7. The van der Waals surface area contributed by atoms with Gasteiger partial charge in [0.25, 0.3) is 11.8 Å². The number of ether oxygens (including phenoxy) is 1. The molecule has 1 aromatic carbocycles. The molecule has 5 rings (SSSR count). The molecule has 12 nitrogen and oxygen atoms in total. The summed E-state index contributed by atoms with van der Waals surface area (Å²) in [6, 6.07) is 6.45. The molecule has 1 aliphatic rings. The topological polar surface area (TPSA) is 142 Å². The summed E-state index contributed by atoms with van der Waals surface area (Å²) in [7, 11) is 0. The first-order valence-corrected chi connectivity index (χ1v) is 11.8. The molecule has 1 aliphatic heterocycles. The summed E-state index contributed by atoms with van der Waals surface area (Å²) >= 11 is 6.30. The molecular weight excluding hydrogens is 543 g/mol. The van der Waals surface area contributed by atoms with Gasteiger partial charge in [-0.05, 0) is 48.0 Å². The Kier molecular flexibility index (Phi) is 7.26. The number of aryl methyl sites for hydroxylation is 1. The number of nitrogens with one attached hydrogen (secondary N) is 2. The number of aromatic nitrogens is 7. The van der Waals surface area contributed by atoms with E-state index in [0.29, 0.717) is 18.8 Å². The number of amides is 2. The number of hydrogen-bond acceptors (Lipinski definition) is 8. The van der Waals surface area contributed by atoms with E-state index in [1.54, 1.807) is 6.07 Å². The standard InChI is InChI=1S/C23H19ClF3N9O3/c1-11-5-12(25)6-15(22(37)29-14-9-39-10-14)18(11)30-23(38)17-7-13(8-35-33-20(19(26)27)31-34-35)32-36(17)21-16(24)3-2-4-28-21/h2-7,14,19H,8-10H2,1H3,(H,29,37)(H,30,38). The Morgan fingerprint density at radius 2 is 2.00 bits per heavy atom. The average molecular weight is 562 g/mol. The second-order valence-electron chi connectivity index (χ2n) is 8.53. The summed E-state index contributed by atoms with van der Waals surface area (Å²) in [6.45, 7) is 1.99. The predicted octanol–water partition coefficient (Wildman–Crippen LogP) is 2.72. The maximum atomic E-state index is 14.2. The third-order valence-corrected chi connectivity index (χ3v) is 5.95. The number of halogens is 4. The monoisotopic (exact) mass is 561 g/mol. The molecule has 1 fully saturated rings. The van der Waals surface area contributed by atoms with Crippen LogP contribution in [0.25, 0.3) is 5.82 Å². The van der Waals surface area contributed by atoms with Crippen LogP contribution in [0.3, 0.4) is 0 Å². The van der Waals surface area contributed by atoms with Crippen molar-refractivity contribution in [3.05, 3.63) is 75.7 Å². The van der Waals surface area contributed by atoms with Crippen LogP contribution in [0.15, 0.2) is 36.5 Å². The Labute approximate surface area is 223 Å². The lowest BCUT2D eigenvalue weighted by Gasteiger charge is -2.27. The number of hydrogen-bond donors (Lipinski definition) is 2. The molecule has 202 valence electrons. The molecule has 0 atom stereocenters. The zero-order valence-electron chi connectivity index (χ0n) is 20.1. The second kappa shape index (κ2) is 10.8. The van der Waals surface area contributed by atoms with Crippen LogP contribution < -0.4 is 10.6 Å². The molecule has 16 heteroatoms. The van der Waals surface area contributed by atoms with Crippen LogP contribution in [0.4, 0.5) is 18.9 Å². The van der Waals surface area contributed by atoms with Crippen molar-refractivity contribution >= 4 is 29.1 Å². The van der Waals surface area contributed by atoms with Crippen LogP contribution in [0, 0.1) is 12.7 Å². The molecule has 4 aromatic rings. The fourth-order valence-electron chi connectivity index (χ4n) is 3.77. The van der Waals surface area contributed by atoms with Crippen LogP contribution in [-0.4, -0.2) is 66.0 Å². The Morgan fingerprint density at radius 3 is 2.67 bits per heavy atom. The van der Waals surface area contributed by atoms with Crippen molar-refractivity contribution < 1.29 is 27.5 Å². The normalized spacial score (nSPS) is 13.4. The van der Waals surface area contributed by atoms with Crippen molar-refractivity contribution in [2.24, 2.45) is 0 Å². The van der Waals surface area contributed by atoms with Gasteiger partial charge in [-0.1, -0.05) is 11.6 Å². The molecule has 0 saturated carbocycles. The Balaban J connectivity index is 1.50. The molecule has 0 spiro atoms. The number of carbonyl (C=O) groups excluding carboxylic acids is 2. The maximum absolute atomic E-state index is 14.2. The highest BCUT2D eigenvalue weighted by molar-refractivity contribution is 6.32. The van der Waals surface area contributed by atoms with Crippen LogP contribution in [-0.2, 0) is 11.3 Å². The van der Waals surface area contributed by atoms with Crippen molar-refractivity contribution in [3.8, 4) is 5.82 Å². The molecule has 0 unspecified atom stereocenters. The van der Waals surface area contributed by atoms with Crippen molar-refractivity contribution in [3.63, 3.8) is 0 Å². The van der Waals surface area contributed by atoms with E-state index >= 15 is 0 Å². The summed E-state index contributed by atoms with van der Waals surface area (Å²) in [6.07, 6.45) is -1.47. The summed E-state index contributed by atoms with van der Waals surface area (Å²) in [5, 5.41) is 20.4. The van der Waals surface area contributed by atoms with E-state index in [1.165, 1.54) is 31.3 Å². The van der Waals surface area contributed by atoms with Crippen molar-refractivity contribution in [2.75, 3.05) is 18.5 Å². The smallest absolute Gasteiger partial charge is 0.301 e. The van der Waals surface area contributed by atoms with Crippen LogP contribution >= 0.6 is 11.6 Å². The van der Waals surface area contributed by atoms with Crippen LogP contribution in [0.2, 0.25) is 5.02 Å². The quantitative estimate of drug-likeness (QED) is 0.334. The van der Waals surface area contributed by atoms with E-state index in [-0.39, 0.29) is 46.1 Å². The van der Waals surface area contributed by atoms with Gasteiger partial charge in [0.15, 0.2) is 5.82 Å². The molecular formula is C23H19ClF3N9O3. The summed E-state index contributed by atoms with van der Waals surface area (Å²) in [5.41, 5.74) is 0.425. The lowest BCUT2D eigenvalue weighted by atomic mass is 10.1. The molecule has 39 heavy (non-hydrogen) atoms. The Hall–Kier alpha value is -4.37. The van der Waals surface area contributed by atoms with Crippen molar-refractivity contribution in [1.82, 2.24) is 40.3 Å². The molecule has 2 amide bonds. The molecule has 2 N–H and O–H groups in total. The highest BCUT2D eigenvalue weighted by Crippen LogP contribution is 2.26. The van der Waals surface area contributed by atoms with E-state index in [1.807, 2.05) is 0 Å². The Bertz CT molecular complexity index is 1550. The van der Waals surface area contributed by atoms with Gasteiger partial charge in [0.2, 0.25) is 5.82 Å². The summed E-state index contributed by atoms with van der Waals surface area (Å²) in [4.78, 5) is 31.5. The number of carbonyl (C=O) groups is 2. The number of alkyl halides is 2. The minimum Gasteiger partial charge on any atom is -0.377 e. The molecule has 4 heterocycles. The average Bonchev–Trinajstić information content (AvgIpc) is 3.51. The number of tetrazole rings is 1. The minimum atomic E-state index is -2.91. The number of pyridine rings is 1. The van der Waals surface area contributed by atoms with Gasteiger partial charge in [-0.15, -0.1) is 10.2 Å². The third-order valence-electron chi connectivity index (χ3n) is 5.66. The van der Waals surface area contributed by atoms with E-state index < -0.39 is 29.9 Å². The lowest BCUT2D eigenvalue weighted by Crippen LogP contribution is -2.48. The molecule has 3 aromatic heterocycles. The van der Waals surface area contributed by atoms with Crippen molar-refractivity contribution in [2.45, 2.75) is 25.9 Å². The second-order valence-corrected chi connectivity index (χ2v) is 8.93. The first-order valence-electron chi connectivity index (χ1n) is 11.5. The van der Waals surface area contributed by atoms with E-state index in [2.05, 4.69) is 36.1 Å². The molecule has 1 saturated heterocycles. The number of anilines is 1. The van der Waals surface area contributed by atoms with E-state index in [4.69, 9.17) is 16.3 Å². The minimum absolute atomic E-state index is 0.0673. The fourth-order valence-corrected chi connectivity index (χ4v) is 3.97. The zero-order valence-corrected chi connectivity index (χ0v) is 20.9. The molecule has 0 bridgehead atoms. The van der Waals surface area contributed by atoms with Crippen LogP contribution in [0.5, 0.6) is 0 Å². The lowest BCUT2D eigenvalue weighted by molar-refractivity contribution is -0.00345. The van der Waals surface area contributed by atoms with Crippen LogP contribution in [0.1, 0.15) is 44.4 Å². The van der Waals surface area contributed by atoms with Gasteiger partial charge in [-0.25, -0.2) is 22.8 Å². The van der Waals surface area contributed by atoms with Gasteiger partial charge in [0.05, 0.1) is 41.2 Å². The first kappa shape index (κ1) is 26.2. The third kappa shape index (κ3) is 5.58. The fraction of sp³-hybridized carbons (Fsp3) is 0.261. The first-order chi connectivity index (χ1) is 18.7. The Morgan fingerprint density at radius 1 is 1.21 bits per heavy atom. The maximum Gasteiger partial charge on any atom is 0.301 e. The SMILES string of the molecule is Cc1cc(F)cc(C(=O)NC2COC2)c1NC(=O)c1cc(Cn2nnc(C(F)F)n2)nn1-c1ncccc1Cl. The highest BCUT2D eigenvalue weighted by Gasteiger charge is 2.26. The van der Waals surface area contributed by atoms with Gasteiger partial charge in [-0.2, -0.15) is 9.90 Å². The number of benzene rings is 1. The predicted molar refractivity (Wildman–Crippen MR) is 129 cm³/mol. The van der Waals surface area contributed by atoms with Gasteiger partial charge >= 0.3 is 6.43 Å². The molecule has 0 radical (unpaired) electrons. The zero-order chi connectivity index (χ0) is 27.7. The van der Waals surface area contributed by atoms with Gasteiger partial charge < -0.3 is 15.4 Å². The van der Waals surface area contributed by atoms with E-state index in [0.717, 1.165) is 15.5 Å². The van der Waals surface area contributed by atoms with E-state index in [9.17, 15) is 22.8 Å².